The number of nitrogens with two attached hydrogens (primary N) is 1. The Labute approximate surface area is 97.2 Å². The smallest absolute Gasteiger partial charge is 0.273 e. The minimum atomic E-state index is -0.418. The molecule has 1 heterocycles. The molecule has 0 saturated heterocycles. The van der Waals surface area contributed by atoms with Crippen LogP contribution in [0.15, 0.2) is 28.8 Å². The Morgan fingerprint density at radius 3 is 2.88 bits per heavy atom. The Morgan fingerprint density at radius 2 is 2.29 bits per heavy atom. The third-order valence-electron chi connectivity index (χ3n) is 2.42. The summed E-state index contributed by atoms with van der Waals surface area (Å²) in [5.74, 6) is 0.886. The van der Waals surface area contributed by atoms with E-state index in [1.165, 1.54) is 12.3 Å². The van der Waals surface area contributed by atoms with Gasteiger partial charge in [0.25, 0.3) is 5.69 Å². The molecule has 1 aromatic heterocycles. The first-order valence-electron chi connectivity index (χ1n) is 5.02. The fourth-order valence-corrected chi connectivity index (χ4v) is 1.50. The number of hydrogen-bond donors (Lipinski definition) is 1. The number of nitrogens with zero attached hydrogens (tertiary/aromatic N) is 2. The van der Waals surface area contributed by atoms with E-state index in [-0.39, 0.29) is 12.2 Å². The van der Waals surface area contributed by atoms with Crippen LogP contribution in [0.4, 0.5) is 5.69 Å². The van der Waals surface area contributed by atoms with Crippen LogP contribution in [0.5, 0.6) is 0 Å². The molecule has 2 aromatic rings. The molecule has 88 valence electrons. The quantitative estimate of drug-likeness (QED) is 0.646. The highest BCUT2D eigenvalue weighted by atomic mass is 16.6. The Balaban J connectivity index is 2.46. The SMILES string of the molecule is Cc1ccc(-c2cnc(CN)o2)cc1[N+](=O)[O-]. The molecule has 0 fully saturated rings. The molecule has 6 nitrogen and oxygen atoms in total. The normalized spacial score (nSPS) is 10.5. The Morgan fingerprint density at radius 1 is 1.53 bits per heavy atom. The first-order chi connectivity index (χ1) is 8.11. The van der Waals surface area contributed by atoms with Gasteiger partial charge >= 0.3 is 0 Å². The standard InChI is InChI=1S/C11H11N3O3/c1-7-2-3-8(4-9(7)14(15)16)10-6-13-11(5-12)17-10/h2-4,6H,5,12H2,1H3. The van der Waals surface area contributed by atoms with Crippen LogP contribution in [-0.2, 0) is 6.54 Å². The molecule has 0 unspecified atom stereocenters. The fourth-order valence-electron chi connectivity index (χ4n) is 1.50. The van der Waals surface area contributed by atoms with Crippen molar-refractivity contribution in [3.8, 4) is 11.3 Å². The number of nitro benzene ring substituents is 1. The summed E-state index contributed by atoms with van der Waals surface area (Å²) in [6, 6.07) is 4.90. The topological polar surface area (TPSA) is 95.2 Å². The Bertz CT molecular complexity index is 563. The van der Waals surface area contributed by atoms with Crippen molar-refractivity contribution < 1.29 is 9.34 Å². The number of nitro groups is 1. The van der Waals surface area contributed by atoms with Crippen molar-refractivity contribution in [2.45, 2.75) is 13.5 Å². The van der Waals surface area contributed by atoms with Gasteiger partial charge in [-0.05, 0) is 6.92 Å². The van der Waals surface area contributed by atoms with E-state index in [0.29, 0.717) is 22.8 Å². The van der Waals surface area contributed by atoms with Crippen molar-refractivity contribution in [2.75, 3.05) is 0 Å². The summed E-state index contributed by atoms with van der Waals surface area (Å²) in [6.07, 6.45) is 1.51. The predicted octanol–water partition coefficient (Wildman–Crippen LogP) is 2.02. The van der Waals surface area contributed by atoms with Gasteiger partial charge in [-0.25, -0.2) is 4.98 Å². The largest absolute Gasteiger partial charge is 0.439 e. The molecular weight excluding hydrogens is 222 g/mol. The van der Waals surface area contributed by atoms with Crippen LogP contribution in [0.3, 0.4) is 0 Å². The molecule has 17 heavy (non-hydrogen) atoms. The maximum absolute atomic E-state index is 10.8. The second kappa shape index (κ2) is 4.34. The van der Waals surface area contributed by atoms with Crippen LogP contribution in [0.25, 0.3) is 11.3 Å². The van der Waals surface area contributed by atoms with Gasteiger partial charge in [0, 0.05) is 17.2 Å². The predicted molar refractivity (Wildman–Crippen MR) is 61.2 cm³/mol. The number of benzene rings is 1. The summed E-state index contributed by atoms with van der Waals surface area (Å²) in [7, 11) is 0. The van der Waals surface area contributed by atoms with Gasteiger partial charge in [-0.2, -0.15) is 0 Å². The summed E-state index contributed by atoms with van der Waals surface area (Å²) in [4.78, 5) is 14.3. The van der Waals surface area contributed by atoms with Crippen LogP contribution < -0.4 is 5.73 Å². The lowest BCUT2D eigenvalue weighted by molar-refractivity contribution is -0.385. The van der Waals surface area contributed by atoms with Gasteiger partial charge in [-0.3, -0.25) is 10.1 Å². The van der Waals surface area contributed by atoms with Gasteiger partial charge in [0.05, 0.1) is 17.7 Å². The Hall–Kier alpha value is -2.21. The van der Waals surface area contributed by atoms with E-state index in [1.54, 1.807) is 19.1 Å². The van der Waals surface area contributed by atoms with E-state index in [1.807, 2.05) is 0 Å². The molecule has 0 amide bonds. The van der Waals surface area contributed by atoms with Crippen LogP contribution >= 0.6 is 0 Å². The molecule has 0 aliphatic heterocycles. The summed E-state index contributed by atoms with van der Waals surface area (Å²) in [5, 5.41) is 10.8. The second-order valence-corrected chi connectivity index (χ2v) is 3.58. The number of rotatable bonds is 3. The van der Waals surface area contributed by atoms with Crippen molar-refractivity contribution >= 4 is 5.69 Å². The maximum atomic E-state index is 10.8. The monoisotopic (exact) mass is 233 g/mol. The summed E-state index contributed by atoms with van der Waals surface area (Å²) < 4.78 is 5.33. The molecular formula is C11H11N3O3. The molecule has 0 atom stereocenters. The summed E-state index contributed by atoms with van der Waals surface area (Å²) >= 11 is 0. The van der Waals surface area contributed by atoms with Crippen LogP contribution in [0, 0.1) is 17.0 Å². The van der Waals surface area contributed by atoms with Gasteiger partial charge in [-0.1, -0.05) is 12.1 Å². The van der Waals surface area contributed by atoms with Gasteiger partial charge in [0.2, 0.25) is 5.89 Å². The first kappa shape index (κ1) is 11.3. The molecule has 1 aromatic carbocycles. The molecule has 0 spiro atoms. The van der Waals surface area contributed by atoms with Gasteiger partial charge in [0.1, 0.15) is 0 Å². The number of oxazole rings is 1. The van der Waals surface area contributed by atoms with E-state index >= 15 is 0 Å². The zero-order valence-corrected chi connectivity index (χ0v) is 9.21. The van der Waals surface area contributed by atoms with E-state index in [0.717, 1.165) is 0 Å². The van der Waals surface area contributed by atoms with Crippen molar-refractivity contribution in [1.29, 1.82) is 0 Å². The third-order valence-corrected chi connectivity index (χ3v) is 2.42. The zero-order valence-electron chi connectivity index (χ0n) is 9.21. The molecule has 0 aliphatic carbocycles. The average molecular weight is 233 g/mol. The maximum Gasteiger partial charge on any atom is 0.273 e. The zero-order chi connectivity index (χ0) is 12.4. The lowest BCUT2D eigenvalue weighted by Gasteiger charge is -1.99. The van der Waals surface area contributed by atoms with Crippen LogP contribution in [0.2, 0.25) is 0 Å². The van der Waals surface area contributed by atoms with Crippen molar-refractivity contribution in [1.82, 2.24) is 4.98 Å². The number of hydrogen-bond acceptors (Lipinski definition) is 5. The molecule has 0 bridgehead atoms. The Kier molecular flexibility index (Phi) is 2.88. The highest BCUT2D eigenvalue weighted by molar-refractivity contribution is 5.62. The minimum Gasteiger partial charge on any atom is -0.439 e. The second-order valence-electron chi connectivity index (χ2n) is 3.58. The van der Waals surface area contributed by atoms with Crippen LogP contribution in [0.1, 0.15) is 11.5 Å². The van der Waals surface area contributed by atoms with Crippen molar-refractivity contribution in [3.63, 3.8) is 0 Å². The third kappa shape index (κ3) is 2.16. The fraction of sp³-hybridized carbons (Fsp3) is 0.182. The van der Waals surface area contributed by atoms with E-state index < -0.39 is 4.92 Å². The van der Waals surface area contributed by atoms with Crippen LogP contribution in [-0.4, -0.2) is 9.91 Å². The van der Waals surface area contributed by atoms with E-state index in [2.05, 4.69) is 4.98 Å². The van der Waals surface area contributed by atoms with Gasteiger partial charge < -0.3 is 10.2 Å². The van der Waals surface area contributed by atoms with Crippen molar-refractivity contribution in [3.05, 3.63) is 46.0 Å². The number of aryl methyl sites for hydroxylation is 1. The van der Waals surface area contributed by atoms with Gasteiger partial charge in [-0.15, -0.1) is 0 Å². The molecule has 2 N–H and O–H groups in total. The summed E-state index contributed by atoms with van der Waals surface area (Å²) in [6.45, 7) is 1.89. The van der Waals surface area contributed by atoms with Crippen molar-refractivity contribution in [2.24, 2.45) is 5.73 Å². The minimum absolute atomic E-state index is 0.0631. The number of aromatic nitrogens is 1. The molecule has 2 rings (SSSR count). The lowest BCUT2D eigenvalue weighted by atomic mass is 10.1. The lowest BCUT2D eigenvalue weighted by Crippen LogP contribution is -1.94. The molecule has 0 saturated carbocycles. The summed E-state index contributed by atoms with van der Waals surface area (Å²) in [5.41, 5.74) is 6.67. The highest BCUT2D eigenvalue weighted by Crippen LogP contribution is 2.27. The molecule has 0 radical (unpaired) electrons. The van der Waals surface area contributed by atoms with E-state index in [4.69, 9.17) is 10.2 Å². The first-order valence-corrected chi connectivity index (χ1v) is 5.02. The van der Waals surface area contributed by atoms with E-state index in [9.17, 15) is 10.1 Å². The average Bonchev–Trinajstić information content (AvgIpc) is 2.78. The van der Waals surface area contributed by atoms with Gasteiger partial charge in [0.15, 0.2) is 5.76 Å². The molecule has 0 aliphatic rings. The molecule has 6 heteroatoms. The highest BCUT2D eigenvalue weighted by Gasteiger charge is 2.13.